The lowest BCUT2D eigenvalue weighted by molar-refractivity contribution is -0.115. The zero-order chi connectivity index (χ0) is 11.3. The van der Waals surface area contributed by atoms with Crippen LogP contribution in [-0.4, -0.2) is 11.8 Å². The zero-order valence-corrected chi connectivity index (χ0v) is 10.1. The number of halogens is 2. The summed E-state index contributed by atoms with van der Waals surface area (Å²) in [6.45, 7) is 0. The van der Waals surface area contributed by atoms with Crippen molar-refractivity contribution >= 4 is 39.1 Å². The van der Waals surface area contributed by atoms with Gasteiger partial charge < -0.3 is 5.32 Å². The summed E-state index contributed by atoms with van der Waals surface area (Å²) >= 11 is 8.70. The van der Waals surface area contributed by atoms with E-state index in [0.29, 0.717) is 21.6 Å². The fraction of sp³-hybridized carbons (Fsp3) is 0.200. The highest BCUT2D eigenvalue weighted by molar-refractivity contribution is 9.10. The molecule has 15 heavy (non-hydrogen) atoms. The van der Waals surface area contributed by atoms with E-state index >= 15 is 0 Å². The minimum atomic E-state index is -0.143. The number of rotatable bonds is 3. The Balaban J connectivity index is 2.79. The van der Waals surface area contributed by atoms with Crippen molar-refractivity contribution in [2.75, 3.05) is 11.2 Å². The number of carbonyl (C=O) groups is 1. The third kappa shape index (κ3) is 3.54. The normalized spacial score (nSPS) is 9.40. The van der Waals surface area contributed by atoms with Gasteiger partial charge in [-0.15, -0.1) is 11.6 Å². The molecule has 0 atom stereocenters. The van der Waals surface area contributed by atoms with Crippen LogP contribution in [0.1, 0.15) is 12.0 Å². The van der Waals surface area contributed by atoms with Crippen LogP contribution in [-0.2, 0) is 4.79 Å². The van der Waals surface area contributed by atoms with E-state index in [1.165, 1.54) is 0 Å². The number of nitrogens with zero attached hydrogens (tertiary/aromatic N) is 1. The number of nitrogens with one attached hydrogen (secondary N) is 1. The van der Waals surface area contributed by atoms with Crippen LogP contribution in [0.15, 0.2) is 22.7 Å². The molecule has 1 amide bonds. The summed E-state index contributed by atoms with van der Waals surface area (Å²) in [5, 5.41) is 11.3. The van der Waals surface area contributed by atoms with E-state index in [-0.39, 0.29) is 12.3 Å². The Morgan fingerprint density at radius 3 is 2.87 bits per heavy atom. The van der Waals surface area contributed by atoms with E-state index in [9.17, 15) is 4.79 Å². The highest BCUT2D eigenvalue weighted by atomic mass is 79.9. The predicted octanol–water partition coefficient (Wildman–Crippen LogP) is 2.89. The van der Waals surface area contributed by atoms with Crippen molar-refractivity contribution in [2.45, 2.75) is 6.42 Å². The van der Waals surface area contributed by atoms with Crippen molar-refractivity contribution in [1.29, 1.82) is 5.26 Å². The Morgan fingerprint density at radius 1 is 1.60 bits per heavy atom. The Bertz CT molecular complexity index is 414. The molecule has 0 saturated carbocycles. The van der Waals surface area contributed by atoms with Crippen molar-refractivity contribution in [3.63, 3.8) is 0 Å². The summed E-state index contributed by atoms with van der Waals surface area (Å²) < 4.78 is 0.685. The van der Waals surface area contributed by atoms with Gasteiger partial charge in [0.15, 0.2) is 0 Å². The maximum Gasteiger partial charge on any atom is 0.225 e. The van der Waals surface area contributed by atoms with Gasteiger partial charge in [0.25, 0.3) is 0 Å². The van der Waals surface area contributed by atoms with Crippen LogP contribution in [0.2, 0.25) is 0 Å². The topological polar surface area (TPSA) is 52.9 Å². The summed E-state index contributed by atoms with van der Waals surface area (Å²) in [7, 11) is 0. The number of hydrogen-bond donors (Lipinski definition) is 1. The third-order valence-corrected chi connectivity index (χ3v) is 2.54. The highest BCUT2D eigenvalue weighted by Crippen LogP contribution is 2.23. The SMILES string of the molecule is N#Cc1ccc(NC(=O)CCCl)c(Br)c1. The molecule has 5 heteroatoms. The first-order valence-corrected chi connectivity index (χ1v) is 5.55. The van der Waals surface area contributed by atoms with Gasteiger partial charge in [0.2, 0.25) is 5.91 Å². The number of benzene rings is 1. The molecule has 1 aromatic carbocycles. The fourth-order valence-corrected chi connectivity index (χ4v) is 1.63. The van der Waals surface area contributed by atoms with E-state index in [2.05, 4.69) is 21.2 Å². The molecule has 0 saturated heterocycles. The number of alkyl halides is 1. The van der Waals surface area contributed by atoms with Crippen LogP contribution in [0.5, 0.6) is 0 Å². The molecule has 3 nitrogen and oxygen atoms in total. The predicted molar refractivity (Wildman–Crippen MR) is 62.8 cm³/mol. The van der Waals surface area contributed by atoms with Crippen LogP contribution in [0.3, 0.4) is 0 Å². The molecule has 0 radical (unpaired) electrons. The van der Waals surface area contributed by atoms with Crippen molar-refractivity contribution in [3.8, 4) is 6.07 Å². The Labute approximate surface area is 101 Å². The van der Waals surface area contributed by atoms with Gasteiger partial charge in [-0.3, -0.25) is 4.79 Å². The van der Waals surface area contributed by atoms with Crippen molar-refractivity contribution in [2.24, 2.45) is 0 Å². The highest BCUT2D eigenvalue weighted by Gasteiger charge is 2.05. The first-order chi connectivity index (χ1) is 7.17. The van der Waals surface area contributed by atoms with Crippen LogP contribution in [0.25, 0.3) is 0 Å². The first-order valence-electron chi connectivity index (χ1n) is 4.23. The van der Waals surface area contributed by atoms with E-state index in [0.717, 1.165) is 0 Å². The lowest BCUT2D eigenvalue weighted by atomic mass is 10.2. The first kappa shape index (κ1) is 12.0. The molecule has 0 unspecified atom stereocenters. The Kier molecular flexibility index (Phi) is 4.60. The number of anilines is 1. The lowest BCUT2D eigenvalue weighted by Crippen LogP contribution is -2.12. The third-order valence-electron chi connectivity index (χ3n) is 1.69. The van der Waals surface area contributed by atoms with Gasteiger partial charge in [-0.05, 0) is 34.1 Å². The standard InChI is InChI=1S/C10H8BrClN2O/c11-8-5-7(6-13)1-2-9(8)14-10(15)3-4-12/h1-2,5H,3-4H2,(H,14,15). The number of amides is 1. The summed E-state index contributed by atoms with van der Waals surface area (Å²) in [5.41, 5.74) is 1.18. The van der Waals surface area contributed by atoms with Crippen molar-refractivity contribution in [3.05, 3.63) is 28.2 Å². The molecule has 0 bridgehead atoms. The second-order valence-electron chi connectivity index (χ2n) is 2.79. The summed E-state index contributed by atoms with van der Waals surface area (Å²) in [6, 6.07) is 6.97. The van der Waals surface area contributed by atoms with E-state index in [1.54, 1.807) is 18.2 Å². The largest absolute Gasteiger partial charge is 0.325 e. The Morgan fingerprint density at radius 2 is 2.33 bits per heavy atom. The van der Waals surface area contributed by atoms with Crippen LogP contribution in [0, 0.1) is 11.3 Å². The average Bonchev–Trinajstić information content (AvgIpc) is 2.21. The Hall–Kier alpha value is -1.05. The van der Waals surface area contributed by atoms with E-state index in [1.807, 2.05) is 6.07 Å². The fourth-order valence-electron chi connectivity index (χ4n) is 0.985. The molecule has 1 rings (SSSR count). The monoisotopic (exact) mass is 286 g/mol. The van der Waals surface area contributed by atoms with E-state index in [4.69, 9.17) is 16.9 Å². The maximum atomic E-state index is 11.2. The summed E-state index contributed by atoms with van der Waals surface area (Å²) in [4.78, 5) is 11.2. The number of hydrogen-bond acceptors (Lipinski definition) is 2. The number of carbonyl (C=O) groups excluding carboxylic acids is 1. The second kappa shape index (κ2) is 5.74. The van der Waals surface area contributed by atoms with Gasteiger partial charge in [-0.1, -0.05) is 0 Å². The molecule has 0 spiro atoms. The van der Waals surface area contributed by atoms with Crippen LogP contribution < -0.4 is 5.32 Å². The van der Waals surface area contributed by atoms with Gasteiger partial charge in [0.05, 0.1) is 17.3 Å². The maximum absolute atomic E-state index is 11.2. The van der Waals surface area contributed by atoms with Gasteiger partial charge in [-0.2, -0.15) is 5.26 Å². The molecule has 0 fully saturated rings. The van der Waals surface area contributed by atoms with E-state index < -0.39 is 0 Å². The number of nitriles is 1. The second-order valence-corrected chi connectivity index (χ2v) is 4.03. The molecule has 1 aromatic rings. The van der Waals surface area contributed by atoms with Gasteiger partial charge in [0.1, 0.15) is 0 Å². The van der Waals surface area contributed by atoms with Gasteiger partial charge in [-0.25, -0.2) is 0 Å². The molecule has 78 valence electrons. The molecule has 0 heterocycles. The quantitative estimate of drug-likeness (QED) is 0.869. The lowest BCUT2D eigenvalue weighted by Gasteiger charge is -2.06. The summed E-state index contributed by atoms with van der Waals surface area (Å²) in [6.07, 6.45) is 0.272. The molecule has 0 aliphatic heterocycles. The minimum absolute atomic E-state index is 0.143. The molecular formula is C10H8BrClN2O. The van der Waals surface area contributed by atoms with Crippen molar-refractivity contribution < 1.29 is 4.79 Å². The molecule has 1 N–H and O–H groups in total. The molecule has 0 aromatic heterocycles. The van der Waals surface area contributed by atoms with Gasteiger partial charge in [0, 0.05) is 16.8 Å². The summed E-state index contributed by atoms with van der Waals surface area (Å²) in [5.74, 6) is 0.148. The smallest absolute Gasteiger partial charge is 0.225 e. The average molecular weight is 288 g/mol. The van der Waals surface area contributed by atoms with Crippen molar-refractivity contribution in [1.82, 2.24) is 0 Å². The molecular weight excluding hydrogens is 279 g/mol. The molecule has 0 aliphatic carbocycles. The zero-order valence-electron chi connectivity index (χ0n) is 7.76. The van der Waals surface area contributed by atoms with Crippen LogP contribution in [0.4, 0.5) is 5.69 Å². The van der Waals surface area contributed by atoms with Gasteiger partial charge >= 0.3 is 0 Å². The molecule has 0 aliphatic rings. The minimum Gasteiger partial charge on any atom is -0.325 e. The van der Waals surface area contributed by atoms with Crippen LogP contribution >= 0.6 is 27.5 Å².